The van der Waals surface area contributed by atoms with Crippen LogP contribution in [0.25, 0.3) is 0 Å². The lowest BCUT2D eigenvalue weighted by atomic mass is 10.2. The Balaban J connectivity index is 3.01. The predicted octanol–water partition coefficient (Wildman–Crippen LogP) is 0.651. The SMILES string of the molecule is NCc1cc[c]cc1O. The van der Waals surface area contributed by atoms with E-state index in [2.05, 4.69) is 6.07 Å². The van der Waals surface area contributed by atoms with Gasteiger partial charge in [-0.3, -0.25) is 0 Å². The molecule has 2 nitrogen and oxygen atoms in total. The summed E-state index contributed by atoms with van der Waals surface area (Å²) < 4.78 is 0. The summed E-state index contributed by atoms with van der Waals surface area (Å²) in [6, 6.07) is 7.70. The summed E-state index contributed by atoms with van der Waals surface area (Å²) in [5, 5.41) is 9.00. The van der Waals surface area contributed by atoms with Crippen LogP contribution in [0.5, 0.6) is 5.75 Å². The number of hydrogen-bond donors (Lipinski definition) is 2. The van der Waals surface area contributed by atoms with Gasteiger partial charge in [-0.2, -0.15) is 0 Å². The summed E-state index contributed by atoms with van der Waals surface area (Å²) in [6.07, 6.45) is 0. The zero-order chi connectivity index (χ0) is 6.69. The second-order valence-corrected chi connectivity index (χ2v) is 1.76. The zero-order valence-corrected chi connectivity index (χ0v) is 4.96. The minimum absolute atomic E-state index is 0.222. The van der Waals surface area contributed by atoms with Gasteiger partial charge in [0.05, 0.1) is 0 Å². The molecule has 0 aliphatic heterocycles. The molecule has 0 bridgehead atoms. The van der Waals surface area contributed by atoms with E-state index < -0.39 is 0 Å². The van der Waals surface area contributed by atoms with Crippen LogP contribution in [0, 0.1) is 6.07 Å². The molecule has 1 aromatic rings. The molecule has 0 aliphatic carbocycles. The summed E-state index contributed by atoms with van der Waals surface area (Å²) in [5.74, 6) is 0.222. The third kappa shape index (κ3) is 1.21. The third-order valence-corrected chi connectivity index (χ3v) is 1.15. The van der Waals surface area contributed by atoms with Gasteiger partial charge in [0.25, 0.3) is 0 Å². The summed E-state index contributed by atoms with van der Waals surface area (Å²) in [5.41, 5.74) is 6.03. The first-order chi connectivity index (χ1) is 4.34. The zero-order valence-electron chi connectivity index (χ0n) is 4.96. The fourth-order valence-corrected chi connectivity index (χ4v) is 0.626. The Kier molecular flexibility index (Phi) is 1.70. The first-order valence-electron chi connectivity index (χ1n) is 2.72. The smallest absolute Gasteiger partial charge is 0.120 e. The van der Waals surface area contributed by atoms with Crippen LogP contribution in [0.1, 0.15) is 5.56 Å². The van der Waals surface area contributed by atoms with Gasteiger partial charge in [0, 0.05) is 12.1 Å². The van der Waals surface area contributed by atoms with Crippen LogP contribution in [0.15, 0.2) is 18.2 Å². The van der Waals surface area contributed by atoms with Crippen LogP contribution in [0.3, 0.4) is 0 Å². The van der Waals surface area contributed by atoms with Crippen LogP contribution in [-0.2, 0) is 6.54 Å². The molecule has 0 aromatic heterocycles. The van der Waals surface area contributed by atoms with E-state index in [1.807, 2.05) is 0 Å². The van der Waals surface area contributed by atoms with E-state index in [1.165, 1.54) is 6.07 Å². The highest BCUT2D eigenvalue weighted by atomic mass is 16.3. The maximum absolute atomic E-state index is 9.00. The average Bonchev–Trinajstić information content (AvgIpc) is 1.89. The maximum atomic E-state index is 9.00. The van der Waals surface area contributed by atoms with E-state index in [0.29, 0.717) is 6.54 Å². The van der Waals surface area contributed by atoms with Crippen molar-refractivity contribution >= 4 is 0 Å². The topological polar surface area (TPSA) is 46.2 Å². The van der Waals surface area contributed by atoms with E-state index >= 15 is 0 Å². The molecule has 0 spiro atoms. The number of aromatic hydroxyl groups is 1. The van der Waals surface area contributed by atoms with E-state index in [0.717, 1.165) is 5.56 Å². The number of benzene rings is 1. The highest BCUT2D eigenvalue weighted by Crippen LogP contribution is 2.13. The van der Waals surface area contributed by atoms with Gasteiger partial charge in [-0.1, -0.05) is 12.1 Å². The Morgan fingerprint density at radius 3 is 2.89 bits per heavy atom. The van der Waals surface area contributed by atoms with Gasteiger partial charge >= 0.3 is 0 Å². The molecular weight excluding hydrogens is 114 g/mol. The third-order valence-electron chi connectivity index (χ3n) is 1.15. The van der Waals surface area contributed by atoms with Crippen molar-refractivity contribution in [1.82, 2.24) is 0 Å². The molecule has 1 rings (SSSR count). The number of phenols is 1. The Morgan fingerprint density at radius 1 is 1.67 bits per heavy atom. The Morgan fingerprint density at radius 2 is 2.44 bits per heavy atom. The molecule has 0 saturated heterocycles. The number of hydrogen-bond acceptors (Lipinski definition) is 2. The second-order valence-electron chi connectivity index (χ2n) is 1.76. The van der Waals surface area contributed by atoms with Crippen molar-refractivity contribution in [2.24, 2.45) is 5.73 Å². The molecule has 1 aromatic carbocycles. The lowest BCUT2D eigenvalue weighted by molar-refractivity contribution is 0.468. The van der Waals surface area contributed by atoms with Crippen LogP contribution in [0.2, 0.25) is 0 Å². The maximum Gasteiger partial charge on any atom is 0.120 e. The Hall–Kier alpha value is -1.02. The van der Waals surface area contributed by atoms with Crippen LogP contribution >= 0.6 is 0 Å². The standard InChI is InChI=1S/C7H8NO/c8-5-6-3-1-2-4-7(6)9/h1,3-4,9H,5,8H2. The lowest BCUT2D eigenvalue weighted by Gasteiger charge is -1.96. The highest BCUT2D eigenvalue weighted by Gasteiger charge is 1.93. The van der Waals surface area contributed by atoms with Crippen molar-refractivity contribution in [3.63, 3.8) is 0 Å². The van der Waals surface area contributed by atoms with E-state index in [1.54, 1.807) is 12.1 Å². The summed E-state index contributed by atoms with van der Waals surface area (Å²) >= 11 is 0. The molecule has 0 fully saturated rings. The van der Waals surface area contributed by atoms with Gasteiger partial charge in [-0.25, -0.2) is 0 Å². The van der Waals surface area contributed by atoms with E-state index in [9.17, 15) is 0 Å². The average molecular weight is 122 g/mol. The summed E-state index contributed by atoms with van der Waals surface area (Å²) in [4.78, 5) is 0. The van der Waals surface area contributed by atoms with E-state index in [-0.39, 0.29) is 5.75 Å². The van der Waals surface area contributed by atoms with Crippen molar-refractivity contribution < 1.29 is 5.11 Å². The quantitative estimate of drug-likeness (QED) is 0.574. The van der Waals surface area contributed by atoms with Gasteiger partial charge in [0.1, 0.15) is 5.75 Å². The monoisotopic (exact) mass is 122 g/mol. The Labute approximate surface area is 53.9 Å². The van der Waals surface area contributed by atoms with Crippen molar-refractivity contribution in [1.29, 1.82) is 0 Å². The number of rotatable bonds is 1. The minimum Gasteiger partial charge on any atom is -0.508 e. The normalized spacial score (nSPS) is 9.44. The number of nitrogens with two attached hydrogens (primary N) is 1. The van der Waals surface area contributed by atoms with E-state index in [4.69, 9.17) is 10.8 Å². The van der Waals surface area contributed by atoms with Gasteiger partial charge in [0.2, 0.25) is 0 Å². The summed E-state index contributed by atoms with van der Waals surface area (Å²) in [6.45, 7) is 0.376. The molecule has 1 radical (unpaired) electrons. The largest absolute Gasteiger partial charge is 0.508 e. The molecule has 0 atom stereocenters. The second kappa shape index (κ2) is 2.51. The molecule has 0 aliphatic rings. The molecule has 2 heteroatoms. The molecular formula is C7H8NO. The first kappa shape index (κ1) is 6.11. The molecule has 0 unspecified atom stereocenters. The fraction of sp³-hybridized carbons (Fsp3) is 0.143. The van der Waals surface area contributed by atoms with Gasteiger partial charge < -0.3 is 10.8 Å². The molecule has 0 heterocycles. The van der Waals surface area contributed by atoms with Crippen molar-refractivity contribution in [2.45, 2.75) is 6.54 Å². The molecule has 9 heavy (non-hydrogen) atoms. The first-order valence-corrected chi connectivity index (χ1v) is 2.72. The van der Waals surface area contributed by atoms with Crippen molar-refractivity contribution in [2.75, 3.05) is 0 Å². The lowest BCUT2D eigenvalue weighted by Crippen LogP contribution is -1.95. The minimum atomic E-state index is 0.222. The molecule has 3 N–H and O–H groups in total. The number of phenolic OH excluding ortho intramolecular Hbond substituents is 1. The van der Waals surface area contributed by atoms with Crippen LogP contribution < -0.4 is 5.73 Å². The van der Waals surface area contributed by atoms with Crippen molar-refractivity contribution in [3.8, 4) is 5.75 Å². The molecule has 0 saturated carbocycles. The fourth-order valence-electron chi connectivity index (χ4n) is 0.626. The Bertz CT molecular complexity index is 198. The predicted molar refractivity (Wildman–Crippen MR) is 34.8 cm³/mol. The van der Waals surface area contributed by atoms with Crippen LogP contribution in [-0.4, -0.2) is 5.11 Å². The van der Waals surface area contributed by atoms with Gasteiger partial charge in [-0.05, 0) is 12.1 Å². The summed E-state index contributed by atoms with van der Waals surface area (Å²) in [7, 11) is 0. The highest BCUT2D eigenvalue weighted by molar-refractivity contribution is 5.30. The molecule has 0 amide bonds. The van der Waals surface area contributed by atoms with Gasteiger partial charge in [0.15, 0.2) is 0 Å². The van der Waals surface area contributed by atoms with Crippen LogP contribution in [0.4, 0.5) is 0 Å². The van der Waals surface area contributed by atoms with Gasteiger partial charge in [-0.15, -0.1) is 0 Å². The molecule has 47 valence electrons. The van der Waals surface area contributed by atoms with Crippen molar-refractivity contribution in [3.05, 3.63) is 29.8 Å².